The van der Waals surface area contributed by atoms with Gasteiger partial charge < -0.3 is 4.90 Å². The van der Waals surface area contributed by atoms with Gasteiger partial charge in [-0.15, -0.1) is 0 Å². The van der Waals surface area contributed by atoms with Crippen molar-refractivity contribution in [3.63, 3.8) is 0 Å². The smallest absolute Gasteiger partial charge is 0.222 e. The molecule has 0 bridgehead atoms. The van der Waals surface area contributed by atoms with Crippen LogP contribution in [0.4, 0.5) is 0 Å². The fourth-order valence-electron chi connectivity index (χ4n) is 4.07. The highest BCUT2D eigenvalue weighted by Gasteiger charge is 2.30. The van der Waals surface area contributed by atoms with Gasteiger partial charge in [0.1, 0.15) is 0 Å². The molecule has 4 rings (SSSR count). The molecule has 1 atom stereocenters. The zero-order valence-corrected chi connectivity index (χ0v) is 15.8. The van der Waals surface area contributed by atoms with E-state index in [1.54, 1.807) is 0 Å². The Morgan fingerprint density at radius 3 is 2.73 bits per heavy atom. The number of carbonyl (C=O) groups excluding carboxylic acids is 1. The van der Waals surface area contributed by atoms with E-state index in [0.717, 1.165) is 51.1 Å². The first-order valence-corrected chi connectivity index (χ1v) is 11.3. The van der Waals surface area contributed by atoms with Crippen LogP contribution < -0.4 is 0 Å². The summed E-state index contributed by atoms with van der Waals surface area (Å²) in [5.74, 6) is 0.764. The molecule has 2 fully saturated rings. The first-order chi connectivity index (χ1) is 12.5. The molecule has 0 saturated carbocycles. The van der Waals surface area contributed by atoms with Gasteiger partial charge >= 0.3 is 0 Å². The minimum absolute atomic E-state index is 0.0209. The normalized spacial score (nSPS) is 26.5. The predicted octanol–water partition coefficient (Wildman–Crippen LogP) is 0.954. The minimum Gasteiger partial charge on any atom is -0.341 e. The number of hydrogen-bond donors (Lipinski definition) is 0. The highest BCUT2D eigenvalue weighted by molar-refractivity contribution is 7.91. The number of nitrogens with zero attached hydrogens (tertiary/aromatic N) is 4. The Labute approximate surface area is 154 Å². The molecule has 3 aliphatic heterocycles. The molecule has 4 heterocycles. The molecule has 1 aromatic rings. The largest absolute Gasteiger partial charge is 0.341 e. The second-order valence-electron chi connectivity index (χ2n) is 7.53. The minimum atomic E-state index is -2.89. The molecule has 3 aliphatic rings. The van der Waals surface area contributed by atoms with Gasteiger partial charge in [0.15, 0.2) is 9.84 Å². The molecule has 8 heteroatoms. The number of carbonyl (C=O) groups is 1. The van der Waals surface area contributed by atoms with Crippen molar-refractivity contribution in [2.45, 2.75) is 31.7 Å². The fourth-order valence-corrected chi connectivity index (χ4v) is 5.77. The standard InChI is InChI=1S/C18H26N4O3S/c23-18-2-1-6-21(18)10-9-20-7-3-15(4-8-20)16-12-19-22(13-16)17-5-11-26(24,25)14-17/h3,12-13,17H,1-2,4-11,14H2. The molecule has 1 aromatic heterocycles. The number of hydrogen-bond acceptors (Lipinski definition) is 5. The molecule has 1 amide bonds. The van der Waals surface area contributed by atoms with E-state index in [-0.39, 0.29) is 17.5 Å². The average molecular weight is 378 g/mol. The van der Waals surface area contributed by atoms with Gasteiger partial charge in [0, 0.05) is 50.9 Å². The fraction of sp³-hybridized carbons (Fsp3) is 0.667. The van der Waals surface area contributed by atoms with Crippen LogP contribution in [0.2, 0.25) is 0 Å². The van der Waals surface area contributed by atoms with Crippen molar-refractivity contribution in [2.24, 2.45) is 0 Å². The Bertz CT molecular complexity index is 814. The van der Waals surface area contributed by atoms with Crippen LogP contribution >= 0.6 is 0 Å². The first-order valence-electron chi connectivity index (χ1n) is 9.44. The topological polar surface area (TPSA) is 75.5 Å². The second kappa shape index (κ2) is 7.15. The molecule has 142 valence electrons. The summed E-state index contributed by atoms with van der Waals surface area (Å²) in [5, 5.41) is 4.41. The van der Waals surface area contributed by atoms with Gasteiger partial charge in [-0.2, -0.15) is 5.10 Å². The molecular formula is C18H26N4O3S. The number of rotatable bonds is 5. The Hall–Kier alpha value is -1.67. The lowest BCUT2D eigenvalue weighted by Crippen LogP contribution is -2.37. The molecule has 26 heavy (non-hydrogen) atoms. The van der Waals surface area contributed by atoms with E-state index in [2.05, 4.69) is 16.1 Å². The molecule has 2 saturated heterocycles. The maximum atomic E-state index is 11.7. The molecule has 0 spiro atoms. The van der Waals surface area contributed by atoms with E-state index in [9.17, 15) is 13.2 Å². The molecular weight excluding hydrogens is 352 g/mol. The molecule has 0 aromatic carbocycles. The lowest BCUT2D eigenvalue weighted by Gasteiger charge is -2.28. The van der Waals surface area contributed by atoms with Crippen molar-refractivity contribution in [3.8, 4) is 0 Å². The van der Waals surface area contributed by atoms with Crippen LogP contribution in [0.25, 0.3) is 5.57 Å². The van der Waals surface area contributed by atoms with Gasteiger partial charge in [0.2, 0.25) is 5.91 Å². The van der Waals surface area contributed by atoms with Crippen LogP contribution in [0.3, 0.4) is 0 Å². The number of likely N-dealkylation sites (tertiary alicyclic amines) is 1. The first kappa shape index (κ1) is 17.7. The highest BCUT2D eigenvalue weighted by atomic mass is 32.2. The Morgan fingerprint density at radius 2 is 2.08 bits per heavy atom. The molecule has 0 N–H and O–H groups in total. The van der Waals surface area contributed by atoms with E-state index >= 15 is 0 Å². The maximum absolute atomic E-state index is 11.7. The summed E-state index contributed by atoms with van der Waals surface area (Å²) in [6.45, 7) is 4.53. The van der Waals surface area contributed by atoms with E-state index in [0.29, 0.717) is 18.7 Å². The monoisotopic (exact) mass is 378 g/mol. The van der Waals surface area contributed by atoms with E-state index in [1.165, 1.54) is 5.57 Å². The van der Waals surface area contributed by atoms with Crippen molar-refractivity contribution in [2.75, 3.05) is 44.2 Å². The zero-order valence-electron chi connectivity index (χ0n) is 15.0. The maximum Gasteiger partial charge on any atom is 0.222 e. The van der Waals surface area contributed by atoms with Crippen LogP contribution in [-0.4, -0.2) is 78.1 Å². The highest BCUT2D eigenvalue weighted by Crippen LogP contribution is 2.26. The summed E-state index contributed by atoms with van der Waals surface area (Å²) in [6, 6.07) is -0.0209. The Kier molecular flexibility index (Phi) is 4.88. The summed E-state index contributed by atoms with van der Waals surface area (Å²) >= 11 is 0. The van der Waals surface area contributed by atoms with Crippen LogP contribution in [0.5, 0.6) is 0 Å². The van der Waals surface area contributed by atoms with Crippen molar-refractivity contribution in [3.05, 3.63) is 24.0 Å². The SMILES string of the molecule is O=C1CCCN1CCN1CC=C(c2cnn(C3CCS(=O)(=O)C3)c2)CC1. The van der Waals surface area contributed by atoms with E-state index < -0.39 is 9.84 Å². The third kappa shape index (κ3) is 3.86. The van der Waals surface area contributed by atoms with Gasteiger partial charge in [-0.25, -0.2) is 8.42 Å². The number of aromatic nitrogens is 2. The predicted molar refractivity (Wildman–Crippen MR) is 99.4 cm³/mol. The molecule has 1 unspecified atom stereocenters. The Balaban J connectivity index is 1.32. The summed E-state index contributed by atoms with van der Waals surface area (Å²) in [6.07, 6.45) is 9.41. The Morgan fingerprint density at radius 1 is 1.19 bits per heavy atom. The molecule has 7 nitrogen and oxygen atoms in total. The summed E-state index contributed by atoms with van der Waals surface area (Å²) in [7, 11) is -2.89. The van der Waals surface area contributed by atoms with Crippen molar-refractivity contribution in [1.29, 1.82) is 0 Å². The molecule has 0 aliphatic carbocycles. The van der Waals surface area contributed by atoms with Crippen LogP contribution in [0.1, 0.15) is 37.3 Å². The van der Waals surface area contributed by atoms with Crippen molar-refractivity contribution < 1.29 is 13.2 Å². The summed E-state index contributed by atoms with van der Waals surface area (Å²) < 4.78 is 25.1. The third-order valence-corrected chi connectivity index (χ3v) is 7.46. The van der Waals surface area contributed by atoms with Gasteiger partial charge in [-0.1, -0.05) is 6.08 Å². The third-order valence-electron chi connectivity index (χ3n) is 5.71. The van der Waals surface area contributed by atoms with E-state index in [4.69, 9.17) is 0 Å². The van der Waals surface area contributed by atoms with Gasteiger partial charge in [-0.3, -0.25) is 14.4 Å². The van der Waals surface area contributed by atoms with Crippen LogP contribution in [0, 0.1) is 0 Å². The second-order valence-corrected chi connectivity index (χ2v) is 9.76. The van der Waals surface area contributed by atoms with Crippen LogP contribution in [0.15, 0.2) is 18.5 Å². The number of amides is 1. The molecule has 0 radical (unpaired) electrons. The lowest BCUT2D eigenvalue weighted by molar-refractivity contribution is -0.127. The van der Waals surface area contributed by atoms with Gasteiger partial charge in [0.25, 0.3) is 0 Å². The lowest BCUT2D eigenvalue weighted by atomic mass is 10.0. The quantitative estimate of drug-likeness (QED) is 0.763. The van der Waals surface area contributed by atoms with Crippen LogP contribution in [-0.2, 0) is 14.6 Å². The zero-order chi connectivity index (χ0) is 18.1. The van der Waals surface area contributed by atoms with E-state index in [1.807, 2.05) is 22.0 Å². The van der Waals surface area contributed by atoms with Crippen molar-refractivity contribution >= 4 is 21.3 Å². The van der Waals surface area contributed by atoms with Gasteiger partial charge in [0.05, 0.1) is 23.7 Å². The summed E-state index contributed by atoms with van der Waals surface area (Å²) in [5.41, 5.74) is 2.38. The summed E-state index contributed by atoms with van der Waals surface area (Å²) in [4.78, 5) is 16.0. The average Bonchev–Trinajstić information content (AvgIpc) is 3.33. The van der Waals surface area contributed by atoms with Gasteiger partial charge in [-0.05, 0) is 24.8 Å². The van der Waals surface area contributed by atoms with Crippen molar-refractivity contribution in [1.82, 2.24) is 19.6 Å². The number of sulfone groups is 1.